The minimum absolute atomic E-state index is 0. The summed E-state index contributed by atoms with van der Waals surface area (Å²) in [6, 6.07) is 27.0. The summed E-state index contributed by atoms with van der Waals surface area (Å²) < 4.78 is 0. The molecule has 8 aromatic rings. The van der Waals surface area contributed by atoms with Crippen molar-refractivity contribution in [2.45, 2.75) is 49.9 Å². The molecule has 4 aromatic carbocycles. The second-order valence-electron chi connectivity index (χ2n) is 14.0. The number of hydrogen-bond acceptors (Lipinski definition) is 12. The van der Waals surface area contributed by atoms with E-state index in [4.69, 9.17) is 22.9 Å². The quantitative estimate of drug-likeness (QED) is 0.0669. The molecule has 0 aliphatic heterocycles. The summed E-state index contributed by atoms with van der Waals surface area (Å²) in [7, 11) is 0. The fourth-order valence-corrected chi connectivity index (χ4v) is 6.48. The Balaban J connectivity index is 0.000000178. The van der Waals surface area contributed by atoms with Crippen molar-refractivity contribution in [1.29, 1.82) is 0 Å². The van der Waals surface area contributed by atoms with E-state index >= 15 is 0 Å². The van der Waals surface area contributed by atoms with Crippen molar-refractivity contribution in [3.8, 4) is 0 Å². The average Bonchev–Trinajstić information content (AvgIpc) is 4.05. The smallest absolute Gasteiger partial charge is 0.548 e. The third kappa shape index (κ3) is 12.7. The Labute approximate surface area is 360 Å². The first kappa shape index (κ1) is 47.0. The van der Waals surface area contributed by atoms with Crippen LogP contribution < -0.4 is 43.4 Å². The predicted octanol–water partition coefficient (Wildman–Crippen LogP) is -1.23. The van der Waals surface area contributed by atoms with E-state index in [1.807, 2.05) is 97.1 Å². The van der Waals surface area contributed by atoms with E-state index in [9.17, 15) is 39.6 Å². The van der Waals surface area contributed by atoms with Gasteiger partial charge in [0.05, 0.1) is 23.9 Å². The number of hydrogen-bond donors (Lipinski definition) is 8. The topological polar surface area (TPSA) is 328 Å². The Morgan fingerprint density at radius 3 is 0.738 bits per heavy atom. The van der Waals surface area contributed by atoms with Gasteiger partial charge in [0.25, 0.3) is 0 Å². The van der Waals surface area contributed by atoms with E-state index in [1.165, 1.54) is 0 Å². The van der Waals surface area contributed by atoms with Crippen molar-refractivity contribution < 1.29 is 39.6 Å². The van der Waals surface area contributed by atoms with Gasteiger partial charge in [-0.05, 0) is 72.2 Å². The largest absolute Gasteiger partial charge is 4.00 e. The van der Waals surface area contributed by atoms with Crippen LogP contribution in [0.4, 0.5) is 0 Å². The fraction of sp³-hybridized carbons (Fsp3) is 0.182. The van der Waals surface area contributed by atoms with Gasteiger partial charge >= 0.3 is 17.6 Å². The zero-order valence-corrected chi connectivity index (χ0v) is 34.9. The van der Waals surface area contributed by atoms with Crippen LogP contribution in [-0.2, 0) is 44.9 Å². The molecule has 4 heterocycles. The molecule has 0 aliphatic carbocycles. The van der Waals surface area contributed by atoms with Crippen molar-refractivity contribution in [3.63, 3.8) is 0 Å². The van der Waals surface area contributed by atoms with Crippen molar-refractivity contribution in [2.24, 2.45) is 22.9 Å². The van der Waals surface area contributed by atoms with Gasteiger partial charge in [-0.15, -0.1) is 0 Å². The first-order valence-electron chi connectivity index (χ1n) is 18.8. The van der Waals surface area contributed by atoms with Gasteiger partial charge in [0.2, 0.25) is 0 Å². The molecule has 12 N–H and O–H groups in total. The number of fused-ring (bicyclic) bond motifs is 4. The maximum absolute atomic E-state index is 10.5. The van der Waals surface area contributed by atoms with Crippen LogP contribution in [0, 0.1) is 0 Å². The van der Waals surface area contributed by atoms with E-state index in [0.717, 1.165) is 65.9 Å². The number of nitrogens with one attached hydrogen (secondary N) is 4. The van der Waals surface area contributed by atoms with E-state index in [0.29, 0.717) is 0 Å². The van der Waals surface area contributed by atoms with Crippen LogP contribution in [0.3, 0.4) is 0 Å². The molecule has 17 heteroatoms. The molecule has 61 heavy (non-hydrogen) atoms. The van der Waals surface area contributed by atoms with Gasteiger partial charge in [0.15, 0.2) is 0 Å². The number of nitrogens with two attached hydrogens (primary N) is 4. The number of benzene rings is 4. The van der Waals surface area contributed by atoms with Crippen molar-refractivity contribution >= 4 is 85.1 Å². The summed E-state index contributed by atoms with van der Waals surface area (Å²) in [6.45, 7) is 0. The number of carboxylic acid groups (broad SMARTS) is 4. The first-order valence-corrected chi connectivity index (χ1v) is 18.8. The predicted molar refractivity (Wildman–Crippen MR) is 226 cm³/mol. The number of para-hydroxylation sites is 4. The molecule has 0 spiro atoms. The van der Waals surface area contributed by atoms with Gasteiger partial charge in [-0.2, -0.15) is 0 Å². The van der Waals surface area contributed by atoms with Gasteiger partial charge in [-0.1, -0.05) is 72.8 Å². The second kappa shape index (κ2) is 22.1. The van der Waals surface area contributed by atoms with Crippen LogP contribution in [0.5, 0.6) is 0 Å². The number of aromatic nitrogens is 4. The number of aliphatic carboxylic acids is 4. The minimum Gasteiger partial charge on any atom is -0.548 e. The maximum Gasteiger partial charge on any atom is 4.00 e. The molecule has 0 aliphatic rings. The fourth-order valence-electron chi connectivity index (χ4n) is 6.48. The SMILES string of the molecule is N[C@@H](Cc1c[nH]c2ccccc12)C(=O)[O-].N[C@@H](Cc1c[nH]c2ccccc12)C(=O)[O-].N[C@@H](Cc1c[nH]c2ccccc12)C(=O)[O-].N[C@@H](Cc1c[nH]c2ccccc12)C(=O)[O-].[Ge+4]. The summed E-state index contributed by atoms with van der Waals surface area (Å²) in [6.07, 6.45) is 8.28. The molecule has 0 fully saturated rings. The van der Waals surface area contributed by atoms with Gasteiger partial charge in [0, 0.05) is 92.6 Å². The van der Waals surface area contributed by atoms with Crippen LogP contribution in [0.1, 0.15) is 22.3 Å². The number of aromatic amines is 4. The zero-order chi connectivity index (χ0) is 43.3. The number of carboxylic acids is 4. The molecule has 4 aromatic heterocycles. The molecular formula is C44H44GeN8O8. The molecule has 0 amide bonds. The molecule has 312 valence electrons. The molecule has 4 atom stereocenters. The van der Waals surface area contributed by atoms with Gasteiger partial charge < -0.3 is 82.5 Å². The number of carbonyl (C=O) groups excluding carboxylic acids is 4. The van der Waals surface area contributed by atoms with E-state index < -0.39 is 48.0 Å². The number of carbonyl (C=O) groups is 4. The molecule has 0 radical (unpaired) electrons. The van der Waals surface area contributed by atoms with Crippen LogP contribution in [0.15, 0.2) is 122 Å². The van der Waals surface area contributed by atoms with Crippen LogP contribution in [-0.4, -0.2) is 85.6 Å². The van der Waals surface area contributed by atoms with Gasteiger partial charge in [-0.25, -0.2) is 0 Å². The maximum atomic E-state index is 10.5. The second-order valence-corrected chi connectivity index (χ2v) is 14.0. The van der Waals surface area contributed by atoms with Crippen molar-refractivity contribution in [2.75, 3.05) is 0 Å². The van der Waals surface area contributed by atoms with Crippen LogP contribution in [0.2, 0.25) is 0 Å². The molecule has 0 bridgehead atoms. The Morgan fingerprint density at radius 2 is 0.557 bits per heavy atom. The van der Waals surface area contributed by atoms with Crippen molar-refractivity contribution in [1.82, 2.24) is 19.9 Å². The third-order valence-electron chi connectivity index (χ3n) is 9.67. The molecule has 16 nitrogen and oxygen atoms in total. The summed E-state index contributed by atoms with van der Waals surface area (Å²) >= 11 is 0. The monoisotopic (exact) mass is 886 g/mol. The van der Waals surface area contributed by atoms with Gasteiger partial charge in [0.1, 0.15) is 0 Å². The van der Waals surface area contributed by atoms with E-state index in [-0.39, 0.29) is 43.3 Å². The third-order valence-corrected chi connectivity index (χ3v) is 9.67. The summed E-state index contributed by atoms with van der Waals surface area (Å²) in [4.78, 5) is 54.3. The normalized spacial score (nSPS) is 12.7. The Kier molecular flexibility index (Phi) is 17.0. The summed E-state index contributed by atoms with van der Waals surface area (Å²) in [5.74, 6) is -4.89. The number of H-pyrrole nitrogens is 4. The van der Waals surface area contributed by atoms with Crippen LogP contribution in [0.25, 0.3) is 43.6 Å². The van der Waals surface area contributed by atoms with Crippen LogP contribution >= 0.6 is 0 Å². The minimum atomic E-state index is -1.22. The van der Waals surface area contributed by atoms with E-state index in [2.05, 4.69) is 19.9 Å². The zero-order valence-electron chi connectivity index (χ0n) is 32.8. The Hall–Kier alpha value is -6.70. The Morgan fingerprint density at radius 1 is 0.377 bits per heavy atom. The standard InChI is InChI=1S/4C11H12N2O2.Ge/c4*12-9(11(14)15)5-7-6-13-10-4-2-1-3-8(7)10;/h4*1-4,6,9,13H,5,12H2,(H,14,15);/q;;;;+4/p-4/t4*9-;/m0000./s1. The Bertz CT molecular complexity index is 2340. The van der Waals surface area contributed by atoms with Crippen molar-refractivity contribution in [3.05, 3.63) is 144 Å². The van der Waals surface area contributed by atoms with Gasteiger partial charge in [-0.3, -0.25) is 0 Å². The molecule has 0 saturated carbocycles. The average molecular weight is 885 g/mol. The summed E-state index contributed by atoms with van der Waals surface area (Å²) in [5, 5.41) is 46.1. The molecule has 0 unspecified atom stereocenters. The first-order chi connectivity index (χ1) is 28.7. The summed E-state index contributed by atoms with van der Waals surface area (Å²) in [5.41, 5.74) is 29.2. The van der Waals surface area contributed by atoms with E-state index in [1.54, 1.807) is 24.8 Å². The molecule has 0 saturated heterocycles. The molecule has 8 rings (SSSR count). The number of rotatable bonds is 12. The molecular weight excluding hydrogens is 841 g/mol.